The molecule has 1 aliphatic carbocycles. The predicted octanol–water partition coefficient (Wildman–Crippen LogP) is 2.56. The molecule has 0 bridgehead atoms. The van der Waals surface area contributed by atoms with E-state index in [1.54, 1.807) is 0 Å². The van der Waals surface area contributed by atoms with Crippen molar-refractivity contribution >= 4 is 0 Å². The zero-order chi connectivity index (χ0) is 12.8. The van der Waals surface area contributed by atoms with Gasteiger partial charge in [-0.05, 0) is 0 Å². The Labute approximate surface area is 95.4 Å². The Hall–Kier alpha value is -1.30. The maximum atomic E-state index is 13.6. The summed E-state index contributed by atoms with van der Waals surface area (Å²) >= 11 is 0. The molecule has 1 aliphatic rings. The summed E-state index contributed by atoms with van der Waals surface area (Å²) in [5, 5.41) is 0. The van der Waals surface area contributed by atoms with Gasteiger partial charge in [0.25, 0.3) is 5.92 Å². The van der Waals surface area contributed by atoms with Crippen LogP contribution in [0.5, 0.6) is 5.75 Å². The van der Waals surface area contributed by atoms with E-state index in [1.165, 1.54) is 7.11 Å². The van der Waals surface area contributed by atoms with E-state index in [0.29, 0.717) is 0 Å². The Morgan fingerprint density at radius 2 is 1.65 bits per heavy atom. The number of methoxy groups -OCH3 is 1. The number of halogens is 4. The van der Waals surface area contributed by atoms with Gasteiger partial charge in [0, 0.05) is 30.5 Å². The van der Waals surface area contributed by atoms with Crippen molar-refractivity contribution < 1.29 is 22.3 Å². The van der Waals surface area contributed by atoms with E-state index in [-0.39, 0.29) is 5.75 Å². The molecule has 0 spiro atoms. The van der Waals surface area contributed by atoms with Gasteiger partial charge in [-0.3, -0.25) is 0 Å². The SMILES string of the molecule is COc1cc(F)c(C2(N)CC(F)(F)C2)c(F)c1. The third-order valence-electron chi connectivity index (χ3n) is 2.90. The van der Waals surface area contributed by atoms with Crippen LogP contribution in [0.3, 0.4) is 0 Å². The van der Waals surface area contributed by atoms with E-state index >= 15 is 0 Å². The van der Waals surface area contributed by atoms with Crippen molar-refractivity contribution in [3.63, 3.8) is 0 Å². The minimum atomic E-state index is -2.95. The molecule has 1 aromatic rings. The fourth-order valence-corrected chi connectivity index (χ4v) is 2.19. The molecule has 1 fully saturated rings. The topological polar surface area (TPSA) is 35.2 Å². The summed E-state index contributed by atoms with van der Waals surface area (Å²) in [7, 11) is 1.25. The molecule has 1 aromatic carbocycles. The average molecular weight is 249 g/mol. The summed E-state index contributed by atoms with van der Waals surface area (Å²) in [6, 6.07) is 1.87. The van der Waals surface area contributed by atoms with Gasteiger partial charge in [-0.25, -0.2) is 17.6 Å². The Morgan fingerprint density at radius 3 is 2.00 bits per heavy atom. The fourth-order valence-electron chi connectivity index (χ4n) is 2.19. The van der Waals surface area contributed by atoms with Crippen molar-refractivity contribution in [3.05, 3.63) is 29.3 Å². The van der Waals surface area contributed by atoms with Crippen molar-refractivity contribution in [2.45, 2.75) is 24.3 Å². The molecule has 0 heterocycles. The second-order valence-corrected chi connectivity index (χ2v) is 4.33. The number of alkyl halides is 2. The smallest absolute Gasteiger partial charge is 0.252 e. The highest BCUT2D eigenvalue weighted by atomic mass is 19.3. The van der Waals surface area contributed by atoms with E-state index in [0.717, 1.165) is 12.1 Å². The normalized spacial score (nSPS) is 20.8. The lowest BCUT2D eigenvalue weighted by Gasteiger charge is -2.44. The first-order valence-electron chi connectivity index (χ1n) is 4.98. The highest BCUT2D eigenvalue weighted by molar-refractivity contribution is 5.37. The van der Waals surface area contributed by atoms with E-state index in [4.69, 9.17) is 5.73 Å². The van der Waals surface area contributed by atoms with Gasteiger partial charge in [0.05, 0.1) is 12.6 Å². The second kappa shape index (κ2) is 3.60. The van der Waals surface area contributed by atoms with E-state index in [1.807, 2.05) is 0 Å². The first kappa shape index (κ1) is 12.2. The molecule has 2 rings (SSSR count). The molecule has 2 N–H and O–H groups in total. The minimum absolute atomic E-state index is 0.0153. The minimum Gasteiger partial charge on any atom is -0.497 e. The maximum absolute atomic E-state index is 13.6. The zero-order valence-electron chi connectivity index (χ0n) is 9.07. The van der Waals surface area contributed by atoms with E-state index in [2.05, 4.69) is 4.74 Å². The standard InChI is InChI=1S/C11H11F4NO/c1-17-6-2-7(12)9(8(13)3-6)10(16)4-11(14,15)5-10/h2-3H,4-5,16H2,1H3. The van der Waals surface area contributed by atoms with Crippen LogP contribution >= 0.6 is 0 Å². The van der Waals surface area contributed by atoms with Gasteiger partial charge < -0.3 is 10.5 Å². The highest BCUT2D eigenvalue weighted by Gasteiger charge is 2.57. The van der Waals surface area contributed by atoms with Gasteiger partial charge in [0.1, 0.15) is 17.4 Å². The lowest BCUT2D eigenvalue weighted by molar-refractivity contribution is -0.126. The predicted molar refractivity (Wildman–Crippen MR) is 53.0 cm³/mol. The maximum Gasteiger partial charge on any atom is 0.252 e. The van der Waals surface area contributed by atoms with Crippen molar-refractivity contribution in [1.82, 2.24) is 0 Å². The van der Waals surface area contributed by atoms with E-state index < -0.39 is 41.5 Å². The van der Waals surface area contributed by atoms with Gasteiger partial charge in [0.15, 0.2) is 0 Å². The molecule has 94 valence electrons. The molecule has 0 unspecified atom stereocenters. The molecule has 0 aromatic heterocycles. The van der Waals surface area contributed by atoms with Gasteiger partial charge in [-0.1, -0.05) is 0 Å². The summed E-state index contributed by atoms with van der Waals surface area (Å²) in [4.78, 5) is 0. The van der Waals surface area contributed by atoms with Gasteiger partial charge in [0.2, 0.25) is 0 Å². The lowest BCUT2D eigenvalue weighted by Crippen LogP contribution is -2.56. The highest BCUT2D eigenvalue weighted by Crippen LogP contribution is 2.51. The number of hydrogen-bond donors (Lipinski definition) is 1. The molecule has 0 aliphatic heterocycles. The van der Waals surface area contributed by atoms with Crippen LogP contribution in [0.4, 0.5) is 17.6 Å². The monoisotopic (exact) mass is 249 g/mol. The van der Waals surface area contributed by atoms with Crippen LogP contribution in [0.1, 0.15) is 18.4 Å². The summed E-state index contributed by atoms with van der Waals surface area (Å²) < 4.78 is 57.5. The molecule has 0 saturated heterocycles. The van der Waals surface area contributed by atoms with Crippen LogP contribution in [-0.2, 0) is 5.54 Å². The van der Waals surface area contributed by atoms with Crippen molar-refractivity contribution in [2.24, 2.45) is 5.73 Å². The molecule has 17 heavy (non-hydrogen) atoms. The van der Waals surface area contributed by atoms with E-state index in [9.17, 15) is 17.6 Å². The number of benzene rings is 1. The molecule has 0 amide bonds. The number of hydrogen-bond acceptors (Lipinski definition) is 2. The molecule has 2 nitrogen and oxygen atoms in total. The van der Waals surface area contributed by atoms with Crippen LogP contribution in [0.15, 0.2) is 12.1 Å². The Balaban J connectivity index is 2.40. The average Bonchev–Trinajstić information content (AvgIpc) is 2.12. The van der Waals surface area contributed by atoms with Crippen LogP contribution < -0.4 is 10.5 Å². The van der Waals surface area contributed by atoms with Gasteiger partial charge in [-0.15, -0.1) is 0 Å². The lowest BCUT2D eigenvalue weighted by atomic mass is 9.69. The van der Waals surface area contributed by atoms with Gasteiger partial charge >= 0.3 is 0 Å². The number of ether oxygens (including phenoxy) is 1. The molecule has 0 atom stereocenters. The van der Waals surface area contributed by atoms with Gasteiger partial charge in [-0.2, -0.15) is 0 Å². The third kappa shape index (κ3) is 1.97. The van der Waals surface area contributed by atoms with Crippen LogP contribution in [-0.4, -0.2) is 13.0 Å². The first-order chi connectivity index (χ1) is 7.77. The fraction of sp³-hybridized carbons (Fsp3) is 0.455. The molecule has 1 saturated carbocycles. The summed E-state index contributed by atoms with van der Waals surface area (Å²) in [5.74, 6) is -4.88. The van der Waals surface area contributed by atoms with Crippen LogP contribution in [0, 0.1) is 11.6 Å². The molecular weight excluding hydrogens is 238 g/mol. The largest absolute Gasteiger partial charge is 0.497 e. The zero-order valence-corrected chi connectivity index (χ0v) is 9.07. The third-order valence-corrected chi connectivity index (χ3v) is 2.90. The molecule has 0 radical (unpaired) electrons. The summed E-state index contributed by atoms with van der Waals surface area (Å²) in [5.41, 5.74) is 3.46. The summed E-state index contributed by atoms with van der Waals surface area (Å²) in [6.07, 6.45) is -1.50. The van der Waals surface area contributed by atoms with Crippen LogP contribution in [0.2, 0.25) is 0 Å². The van der Waals surface area contributed by atoms with Crippen molar-refractivity contribution in [1.29, 1.82) is 0 Å². The van der Waals surface area contributed by atoms with Crippen molar-refractivity contribution in [2.75, 3.05) is 7.11 Å². The first-order valence-corrected chi connectivity index (χ1v) is 4.98. The quantitative estimate of drug-likeness (QED) is 0.817. The molecule has 6 heteroatoms. The number of nitrogens with two attached hydrogens (primary N) is 1. The van der Waals surface area contributed by atoms with Crippen molar-refractivity contribution in [3.8, 4) is 5.75 Å². The Morgan fingerprint density at radius 1 is 1.18 bits per heavy atom. The number of rotatable bonds is 2. The Kier molecular flexibility index (Phi) is 2.57. The molecular formula is C11H11F4NO. The Bertz CT molecular complexity index is 430. The summed E-state index contributed by atoms with van der Waals surface area (Å²) in [6.45, 7) is 0. The second-order valence-electron chi connectivity index (χ2n) is 4.33. The van der Waals surface area contributed by atoms with Crippen LogP contribution in [0.25, 0.3) is 0 Å².